The molecule has 0 aliphatic rings. The molecule has 0 radical (unpaired) electrons. The van der Waals surface area contributed by atoms with Gasteiger partial charge in [-0.05, 0) is 25.2 Å². The Balaban J connectivity index is 3.16. The number of hydrogen-bond acceptors (Lipinski definition) is 4. The van der Waals surface area contributed by atoms with E-state index in [4.69, 9.17) is 0 Å². The van der Waals surface area contributed by atoms with Crippen LogP contribution in [0.15, 0.2) is 6.33 Å². The number of anilines is 2. The van der Waals surface area contributed by atoms with Gasteiger partial charge in [0.25, 0.3) is 0 Å². The summed E-state index contributed by atoms with van der Waals surface area (Å²) in [6, 6.07) is 0. The first-order chi connectivity index (χ1) is 9.51. The Labute approximate surface area is 124 Å². The Bertz CT molecular complexity index is 401. The highest BCUT2D eigenvalue weighted by Crippen LogP contribution is 2.31. The van der Waals surface area contributed by atoms with Crippen LogP contribution < -0.4 is 10.2 Å². The molecule has 4 heteroatoms. The van der Waals surface area contributed by atoms with Crippen molar-refractivity contribution in [2.24, 2.45) is 5.92 Å². The third-order valence-corrected chi connectivity index (χ3v) is 3.25. The molecule has 0 amide bonds. The molecule has 1 heterocycles. The summed E-state index contributed by atoms with van der Waals surface area (Å²) in [6.45, 7) is 16.2. The molecule has 1 rings (SSSR count). The summed E-state index contributed by atoms with van der Waals surface area (Å²) in [7, 11) is 0. The van der Waals surface area contributed by atoms with Crippen LogP contribution in [0.3, 0.4) is 0 Å². The molecule has 0 aliphatic carbocycles. The monoisotopic (exact) mass is 278 g/mol. The molecule has 0 fully saturated rings. The van der Waals surface area contributed by atoms with Crippen LogP contribution in [0.2, 0.25) is 0 Å². The smallest absolute Gasteiger partial charge is 0.137 e. The summed E-state index contributed by atoms with van der Waals surface area (Å²) in [5.74, 6) is 3.11. The van der Waals surface area contributed by atoms with Crippen molar-refractivity contribution in [3.8, 4) is 0 Å². The molecule has 114 valence electrons. The predicted molar refractivity (Wildman–Crippen MR) is 87.6 cm³/mol. The lowest BCUT2D eigenvalue weighted by molar-refractivity contribution is 0.610. The molecule has 0 unspecified atom stereocenters. The third-order valence-electron chi connectivity index (χ3n) is 3.25. The Morgan fingerprint density at radius 2 is 1.85 bits per heavy atom. The Morgan fingerprint density at radius 3 is 2.35 bits per heavy atom. The van der Waals surface area contributed by atoms with Gasteiger partial charge >= 0.3 is 0 Å². The maximum Gasteiger partial charge on any atom is 0.137 e. The minimum absolute atomic E-state index is 0.409. The van der Waals surface area contributed by atoms with Crippen molar-refractivity contribution in [1.29, 1.82) is 0 Å². The zero-order chi connectivity index (χ0) is 15.1. The largest absolute Gasteiger partial charge is 0.370 e. The number of nitrogens with one attached hydrogen (secondary N) is 1. The van der Waals surface area contributed by atoms with E-state index >= 15 is 0 Å². The minimum Gasteiger partial charge on any atom is -0.370 e. The summed E-state index contributed by atoms with van der Waals surface area (Å²) in [6.07, 6.45) is 2.78. The molecule has 1 aromatic rings. The van der Waals surface area contributed by atoms with Gasteiger partial charge in [0.05, 0.1) is 0 Å². The van der Waals surface area contributed by atoms with Crippen LogP contribution in [0.1, 0.15) is 59.4 Å². The van der Waals surface area contributed by atoms with Gasteiger partial charge in [0.15, 0.2) is 0 Å². The zero-order valence-corrected chi connectivity index (χ0v) is 13.9. The van der Waals surface area contributed by atoms with Crippen molar-refractivity contribution in [3.05, 3.63) is 11.9 Å². The first-order valence-electron chi connectivity index (χ1n) is 7.84. The van der Waals surface area contributed by atoms with Gasteiger partial charge in [0.1, 0.15) is 18.0 Å². The molecule has 0 aromatic carbocycles. The molecule has 0 saturated heterocycles. The van der Waals surface area contributed by atoms with Gasteiger partial charge in [-0.15, -0.1) is 0 Å². The minimum atomic E-state index is 0.409. The average molecular weight is 278 g/mol. The van der Waals surface area contributed by atoms with E-state index in [1.165, 1.54) is 5.56 Å². The van der Waals surface area contributed by atoms with E-state index in [0.717, 1.165) is 37.7 Å². The molecule has 0 bridgehead atoms. The zero-order valence-electron chi connectivity index (χ0n) is 13.9. The molecular weight excluding hydrogens is 248 g/mol. The molecular formula is C16H30N4. The van der Waals surface area contributed by atoms with Crippen LogP contribution in [-0.2, 0) is 0 Å². The Hall–Kier alpha value is -1.32. The van der Waals surface area contributed by atoms with E-state index in [9.17, 15) is 0 Å². The Kier molecular flexibility index (Phi) is 6.76. The second-order valence-electron chi connectivity index (χ2n) is 5.97. The van der Waals surface area contributed by atoms with Crippen molar-refractivity contribution in [2.45, 2.75) is 53.9 Å². The molecule has 0 saturated carbocycles. The highest BCUT2D eigenvalue weighted by Gasteiger charge is 2.19. The highest BCUT2D eigenvalue weighted by atomic mass is 15.2. The maximum absolute atomic E-state index is 4.57. The fourth-order valence-corrected chi connectivity index (χ4v) is 2.36. The van der Waals surface area contributed by atoms with Crippen molar-refractivity contribution < 1.29 is 0 Å². The van der Waals surface area contributed by atoms with Crippen molar-refractivity contribution in [2.75, 3.05) is 29.9 Å². The molecule has 1 aromatic heterocycles. The Morgan fingerprint density at radius 1 is 1.15 bits per heavy atom. The van der Waals surface area contributed by atoms with E-state index in [2.05, 4.69) is 61.7 Å². The van der Waals surface area contributed by atoms with Crippen molar-refractivity contribution in [3.63, 3.8) is 0 Å². The van der Waals surface area contributed by atoms with Gasteiger partial charge in [-0.2, -0.15) is 0 Å². The van der Waals surface area contributed by atoms with Gasteiger partial charge in [-0.25, -0.2) is 9.97 Å². The van der Waals surface area contributed by atoms with Crippen LogP contribution >= 0.6 is 0 Å². The lowest BCUT2D eigenvalue weighted by atomic mass is 10.0. The molecule has 4 nitrogen and oxygen atoms in total. The SMILES string of the molecule is CCCNc1ncnc(N(CC)CC(C)C)c1C(C)C. The van der Waals surface area contributed by atoms with Crippen LogP contribution in [0.4, 0.5) is 11.6 Å². The highest BCUT2D eigenvalue weighted by molar-refractivity contribution is 5.60. The normalized spacial score (nSPS) is 11.2. The van der Waals surface area contributed by atoms with Crippen molar-refractivity contribution >= 4 is 11.6 Å². The van der Waals surface area contributed by atoms with E-state index in [1.54, 1.807) is 6.33 Å². The second-order valence-corrected chi connectivity index (χ2v) is 5.97. The van der Waals surface area contributed by atoms with Gasteiger partial charge in [-0.3, -0.25) is 0 Å². The van der Waals surface area contributed by atoms with E-state index in [-0.39, 0.29) is 0 Å². The molecule has 0 atom stereocenters. The molecule has 0 spiro atoms. The van der Waals surface area contributed by atoms with Gasteiger partial charge in [-0.1, -0.05) is 34.6 Å². The first-order valence-corrected chi connectivity index (χ1v) is 7.84. The molecule has 1 N–H and O–H groups in total. The summed E-state index contributed by atoms with van der Waals surface area (Å²) in [5, 5.41) is 3.44. The summed E-state index contributed by atoms with van der Waals surface area (Å²) in [4.78, 5) is 11.4. The average Bonchev–Trinajstić information content (AvgIpc) is 2.41. The number of aromatic nitrogens is 2. The first kappa shape index (κ1) is 16.7. The van der Waals surface area contributed by atoms with Gasteiger partial charge in [0.2, 0.25) is 0 Å². The fraction of sp³-hybridized carbons (Fsp3) is 0.750. The second kappa shape index (κ2) is 8.08. The van der Waals surface area contributed by atoms with E-state index in [0.29, 0.717) is 11.8 Å². The molecule has 20 heavy (non-hydrogen) atoms. The van der Waals surface area contributed by atoms with Crippen LogP contribution in [0, 0.1) is 5.92 Å². The van der Waals surface area contributed by atoms with Gasteiger partial charge < -0.3 is 10.2 Å². The summed E-state index contributed by atoms with van der Waals surface area (Å²) >= 11 is 0. The predicted octanol–water partition coefficient (Wildman–Crippen LogP) is 3.90. The third kappa shape index (κ3) is 4.36. The van der Waals surface area contributed by atoms with Crippen LogP contribution in [0.5, 0.6) is 0 Å². The van der Waals surface area contributed by atoms with E-state index < -0.39 is 0 Å². The maximum atomic E-state index is 4.57. The summed E-state index contributed by atoms with van der Waals surface area (Å²) < 4.78 is 0. The van der Waals surface area contributed by atoms with Crippen LogP contribution in [0.25, 0.3) is 0 Å². The fourth-order valence-electron chi connectivity index (χ4n) is 2.36. The van der Waals surface area contributed by atoms with Crippen molar-refractivity contribution in [1.82, 2.24) is 9.97 Å². The molecule has 0 aliphatic heterocycles. The lowest BCUT2D eigenvalue weighted by Gasteiger charge is -2.28. The van der Waals surface area contributed by atoms with Crippen LogP contribution in [-0.4, -0.2) is 29.6 Å². The summed E-state index contributed by atoms with van der Waals surface area (Å²) in [5.41, 5.74) is 1.24. The topological polar surface area (TPSA) is 41.1 Å². The lowest BCUT2D eigenvalue weighted by Crippen LogP contribution is -2.30. The number of nitrogens with zero attached hydrogens (tertiary/aromatic N) is 3. The van der Waals surface area contributed by atoms with E-state index in [1.807, 2.05) is 0 Å². The number of hydrogen-bond donors (Lipinski definition) is 1. The van der Waals surface area contributed by atoms with Gasteiger partial charge in [0, 0.05) is 25.2 Å². The quantitative estimate of drug-likeness (QED) is 0.783. The number of rotatable bonds is 8. The standard InChI is InChI=1S/C16H30N4/c1-7-9-17-15-14(13(5)6)16(19-11-18-15)20(8-2)10-12(3)4/h11-13H,7-10H2,1-6H3,(H,17,18,19).